The van der Waals surface area contributed by atoms with Gasteiger partial charge in [-0.3, -0.25) is 4.79 Å². The molecule has 0 fully saturated rings. The van der Waals surface area contributed by atoms with E-state index < -0.39 is 10.0 Å². The number of sulfonamides is 1. The molecule has 0 spiro atoms. The molecule has 1 aromatic heterocycles. The van der Waals surface area contributed by atoms with E-state index in [4.69, 9.17) is 4.74 Å². The average Bonchev–Trinajstić information content (AvgIpc) is 3.06. The highest BCUT2D eigenvalue weighted by molar-refractivity contribution is 7.89. The smallest absolute Gasteiger partial charge is 0.253 e. The van der Waals surface area contributed by atoms with Crippen molar-refractivity contribution in [3.05, 3.63) is 48.0 Å². The molecule has 2 aromatic carbocycles. The molecule has 11 heteroatoms. The third-order valence-corrected chi connectivity index (χ3v) is 6.08. The maximum absolute atomic E-state index is 12.5. The molecule has 1 heterocycles. The van der Waals surface area contributed by atoms with Gasteiger partial charge in [-0.15, -0.1) is 10.2 Å². The van der Waals surface area contributed by atoms with Gasteiger partial charge in [0.1, 0.15) is 0 Å². The number of aromatic hydroxyl groups is 1. The van der Waals surface area contributed by atoms with Crippen molar-refractivity contribution in [2.75, 3.05) is 20.3 Å². The van der Waals surface area contributed by atoms with Crippen LogP contribution in [0.3, 0.4) is 0 Å². The lowest BCUT2D eigenvalue weighted by atomic mass is 10.1. The topological polar surface area (TPSA) is 145 Å². The molecular formula is C21H25N5O5S. The number of amides is 1. The fraction of sp³-hybridized carbons (Fsp3) is 0.286. The first-order valence-electron chi connectivity index (χ1n) is 9.88. The van der Waals surface area contributed by atoms with Crippen molar-refractivity contribution in [1.29, 1.82) is 0 Å². The summed E-state index contributed by atoms with van der Waals surface area (Å²) in [4.78, 5) is 15.2. The Bertz CT molecular complexity index is 1250. The molecule has 3 aromatic rings. The van der Waals surface area contributed by atoms with Crippen LogP contribution in [-0.4, -0.2) is 50.7 Å². The number of H-pyrrole nitrogens is 1. The van der Waals surface area contributed by atoms with Crippen LogP contribution in [0.25, 0.3) is 10.9 Å². The first-order chi connectivity index (χ1) is 15.2. The molecule has 10 nitrogen and oxygen atoms in total. The zero-order valence-corrected chi connectivity index (χ0v) is 18.7. The monoisotopic (exact) mass is 459 g/mol. The molecule has 0 bridgehead atoms. The highest BCUT2D eigenvalue weighted by atomic mass is 32.2. The number of ether oxygens (including phenoxy) is 1. The van der Waals surface area contributed by atoms with Gasteiger partial charge in [-0.2, -0.15) is 0 Å². The normalized spacial score (nSPS) is 12.1. The maximum Gasteiger partial charge on any atom is 0.253 e. The van der Waals surface area contributed by atoms with Gasteiger partial charge in [-0.05, 0) is 44.2 Å². The van der Waals surface area contributed by atoms with Crippen LogP contribution >= 0.6 is 0 Å². The molecule has 1 amide bonds. The van der Waals surface area contributed by atoms with Crippen molar-refractivity contribution < 1.29 is 23.1 Å². The number of rotatable bonds is 9. The van der Waals surface area contributed by atoms with Crippen molar-refractivity contribution in [1.82, 2.24) is 15.0 Å². The summed E-state index contributed by atoms with van der Waals surface area (Å²) in [6.07, 6.45) is 0. The number of hydrogen-bond donors (Lipinski definition) is 4. The van der Waals surface area contributed by atoms with Crippen molar-refractivity contribution in [3.8, 4) is 5.88 Å². The van der Waals surface area contributed by atoms with Crippen molar-refractivity contribution >= 4 is 38.2 Å². The number of hydrogen-bond acceptors (Lipinski definition) is 7. The van der Waals surface area contributed by atoms with Gasteiger partial charge in [0.05, 0.1) is 28.3 Å². The van der Waals surface area contributed by atoms with Crippen molar-refractivity contribution in [2.45, 2.75) is 24.8 Å². The molecule has 0 aliphatic rings. The molecule has 3 rings (SSSR count). The van der Waals surface area contributed by atoms with Gasteiger partial charge in [0.25, 0.3) is 5.91 Å². The standard InChI is InChI=1S/C21H25N5O5S/c1-13(2)26-32(29,30)14-8-9-17-16(12-14)19(21(28)23-17)25-24-18-7-5-4-6-15(18)20(27)22-10-11-31-3/h4-9,12-13,23,26,28H,10-11H2,1-3H3,(H,22,27). The first-order valence-corrected chi connectivity index (χ1v) is 11.4. The van der Waals surface area contributed by atoms with Gasteiger partial charge >= 0.3 is 0 Å². The Morgan fingerprint density at radius 1 is 1.19 bits per heavy atom. The second-order valence-corrected chi connectivity index (χ2v) is 8.99. The molecule has 170 valence electrons. The summed E-state index contributed by atoms with van der Waals surface area (Å²) in [5.74, 6) is -0.606. The summed E-state index contributed by atoms with van der Waals surface area (Å²) in [5.41, 5.74) is 1.15. The molecule has 4 N–H and O–H groups in total. The van der Waals surface area contributed by atoms with Crippen LogP contribution in [0.2, 0.25) is 0 Å². The average molecular weight is 460 g/mol. The molecule has 0 aliphatic heterocycles. The second-order valence-electron chi connectivity index (χ2n) is 7.27. The molecule has 0 saturated carbocycles. The predicted molar refractivity (Wildman–Crippen MR) is 120 cm³/mol. The minimum Gasteiger partial charge on any atom is -0.493 e. The Hall–Kier alpha value is -3.28. The molecule has 0 aliphatic carbocycles. The number of benzene rings is 2. The van der Waals surface area contributed by atoms with Gasteiger partial charge in [-0.1, -0.05) is 12.1 Å². The summed E-state index contributed by atoms with van der Waals surface area (Å²) in [6, 6.07) is 10.7. The number of nitrogens with one attached hydrogen (secondary N) is 3. The summed E-state index contributed by atoms with van der Waals surface area (Å²) in [5, 5.41) is 21.6. The van der Waals surface area contributed by atoms with E-state index >= 15 is 0 Å². The van der Waals surface area contributed by atoms with Gasteiger partial charge < -0.3 is 20.1 Å². The molecule has 32 heavy (non-hydrogen) atoms. The van der Waals surface area contributed by atoms with Gasteiger partial charge in [0.2, 0.25) is 15.9 Å². The lowest BCUT2D eigenvalue weighted by molar-refractivity contribution is 0.0937. The Morgan fingerprint density at radius 3 is 2.66 bits per heavy atom. The van der Waals surface area contributed by atoms with E-state index in [-0.39, 0.29) is 28.4 Å². The van der Waals surface area contributed by atoms with Crippen LogP contribution in [0, 0.1) is 0 Å². The van der Waals surface area contributed by atoms with Crippen LogP contribution in [0.4, 0.5) is 11.4 Å². The van der Waals surface area contributed by atoms with Gasteiger partial charge in [-0.25, -0.2) is 13.1 Å². The summed E-state index contributed by atoms with van der Waals surface area (Å²) in [6.45, 7) is 4.16. The summed E-state index contributed by atoms with van der Waals surface area (Å²) in [7, 11) is -2.20. The van der Waals surface area contributed by atoms with Crippen LogP contribution in [0.15, 0.2) is 57.6 Å². The number of aromatic nitrogens is 1. The fourth-order valence-corrected chi connectivity index (χ4v) is 4.28. The number of carbonyl (C=O) groups excluding carboxylic acids is 1. The number of methoxy groups -OCH3 is 1. The highest BCUT2D eigenvalue weighted by Crippen LogP contribution is 2.37. The minimum absolute atomic E-state index is 0.0343. The second kappa shape index (κ2) is 9.90. The minimum atomic E-state index is -3.74. The van der Waals surface area contributed by atoms with E-state index in [2.05, 4.69) is 25.3 Å². The van der Waals surface area contributed by atoms with Crippen molar-refractivity contribution in [2.24, 2.45) is 10.2 Å². The van der Waals surface area contributed by atoms with E-state index in [0.29, 0.717) is 35.3 Å². The van der Waals surface area contributed by atoms with E-state index in [1.54, 1.807) is 44.2 Å². The highest BCUT2D eigenvalue weighted by Gasteiger charge is 2.19. The lowest BCUT2D eigenvalue weighted by Crippen LogP contribution is -2.30. The van der Waals surface area contributed by atoms with E-state index in [1.165, 1.54) is 19.2 Å². The number of aromatic amines is 1. The summed E-state index contributed by atoms with van der Waals surface area (Å²) >= 11 is 0. The predicted octanol–water partition coefficient (Wildman–Crippen LogP) is 3.35. The van der Waals surface area contributed by atoms with Gasteiger partial charge in [0.15, 0.2) is 5.69 Å². The largest absolute Gasteiger partial charge is 0.493 e. The first kappa shape index (κ1) is 23.4. The van der Waals surface area contributed by atoms with Gasteiger partial charge in [0, 0.05) is 25.1 Å². The molecular weight excluding hydrogens is 434 g/mol. The quantitative estimate of drug-likeness (QED) is 0.286. The molecule has 0 unspecified atom stereocenters. The van der Waals surface area contributed by atoms with E-state index in [1.807, 2.05) is 0 Å². The lowest BCUT2D eigenvalue weighted by Gasteiger charge is -2.09. The third kappa shape index (κ3) is 5.31. The summed E-state index contributed by atoms with van der Waals surface area (Å²) < 4.78 is 32.5. The van der Waals surface area contributed by atoms with Crippen LogP contribution in [0.5, 0.6) is 5.88 Å². The number of fused-ring (bicyclic) bond motifs is 1. The third-order valence-electron chi connectivity index (χ3n) is 4.42. The maximum atomic E-state index is 12.5. The number of azo groups is 1. The van der Waals surface area contributed by atoms with Crippen LogP contribution in [0.1, 0.15) is 24.2 Å². The van der Waals surface area contributed by atoms with Crippen molar-refractivity contribution in [3.63, 3.8) is 0 Å². The Morgan fingerprint density at radius 2 is 1.94 bits per heavy atom. The molecule has 0 saturated heterocycles. The molecule has 0 atom stereocenters. The Labute approximate surface area is 185 Å². The number of nitrogens with zero attached hydrogens (tertiary/aromatic N) is 2. The van der Waals surface area contributed by atoms with Crippen LogP contribution in [-0.2, 0) is 14.8 Å². The SMILES string of the molecule is COCCNC(=O)c1ccccc1N=Nc1c(O)[nH]c2ccc(S(=O)(=O)NC(C)C)cc12. The fourth-order valence-electron chi connectivity index (χ4n) is 3.01. The van der Waals surface area contributed by atoms with E-state index in [0.717, 1.165) is 0 Å². The molecule has 0 radical (unpaired) electrons. The zero-order valence-electron chi connectivity index (χ0n) is 17.9. The Balaban J connectivity index is 1.97. The van der Waals surface area contributed by atoms with Crippen LogP contribution < -0.4 is 10.0 Å². The Kier molecular flexibility index (Phi) is 7.23. The number of carbonyl (C=O) groups is 1. The van der Waals surface area contributed by atoms with E-state index in [9.17, 15) is 18.3 Å². The zero-order chi connectivity index (χ0) is 23.3.